The van der Waals surface area contributed by atoms with Crippen LogP contribution in [0.1, 0.15) is 42.5 Å². The fraction of sp³-hybridized carbons (Fsp3) is 0.391. The van der Waals surface area contributed by atoms with Crippen molar-refractivity contribution in [3.05, 3.63) is 59.2 Å². The Bertz CT molecular complexity index is 746. The quantitative estimate of drug-likeness (QED) is 0.541. The van der Waals surface area contributed by atoms with E-state index in [1.54, 1.807) is 0 Å². The van der Waals surface area contributed by atoms with Crippen LogP contribution in [0.2, 0.25) is 0 Å². The summed E-state index contributed by atoms with van der Waals surface area (Å²) in [5, 5.41) is 3.41. The molecule has 1 atom stereocenters. The lowest BCUT2D eigenvalue weighted by Gasteiger charge is -2.14. The summed E-state index contributed by atoms with van der Waals surface area (Å²) in [4.78, 5) is 0. The number of fused-ring (bicyclic) bond motifs is 1. The van der Waals surface area contributed by atoms with Crippen LogP contribution < -0.4 is 14.8 Å². The Labute approximate surface area is 156 Å². The first-order valence-electron chi connectivity index (χ1n) is 9.45. The number of terminal acetylenes is 1. The molecule has 1 aliphatic rings. The van der Waals surface area contributed by atoms with Gasteiger partial charge in [0.1, 0.15) is 11.5 Å². The third-order valence-corrected chi connectivity index (χ3v) is 4.82. The second-order valence-corrected chi connectivity index (χ2v) is 6.55. The first-order valence-corrected chi connectivity index (χ1v) is 9.45. The van der Waals surface area contributed by atoms with Crippen LogP contribution in [-0.2, 0) is 12.8 Å². The smallest absolute Gasteiger partial charge is 0.122 e. The summed E-state index contributed by atoms with van der Waals surface area (Å²) in [6.07, 6.45) is 9.38. The van der Waals surface area contributed by atoms with Gasteiger partial charge < -0.3 is 9.47 Å². The Morgan fingerprint density at radius 1 is 1.12 bits per heavy atom. The summed E-state index contributed by atoms with van der Waals surface area (Å²) < 4.78 is 11.8. The van der Waals surface area contributed by atoms with Crippen molar-refractivity contribution in [1.29, 1.82) is 0 Å². The van der Waals surface area contributed by atoms with E-state index in [-0.39, 0.29) is 0 Å². The molecule has 1 N–H and O–H groups in total. The molecule has 2 aromatic carbocycles. The highest BCUT2D eigenvalue weighted by Gasteiger charge is 2.24. The van der Waals surface area contributed by atoms with E-state index in [1.807, 2.05) is 12.1 Å². The van der Waals surface area contributed by atoms with Crippen LogP contribution >= 0.6 is 0 Å². The number of nitrogens with one attached hydrogen (secondary N) is 1. The van der Waals surface area contributed by atoms with Gasteiger partial charge in [-0.3, -0.25) is 5.32 Å². The maximum atomic E-state index is 6.03. The highest BCUT2D eigenvalue weighted by atomic mass is 16.5. The minimum Gasteiger partial charge on any atom is -0.493 e. The predicted octanol–water partition coefficient (Wildman–Crippen LogP) is 4.31. The van der Waals surface area contributed by atoms with E-state index in [2.05, 4.69) is 48.5 Å². The van der Waals surface area contributed by atoms with Crippen LogP contribution in [0, 0.1) is 12.3 Å². The third-order valence-electron chi connectivity index (χ3n) is 4.82. The summed E-state index contributed by atoms with van der Waals surface area (Å²) in [5.74, 6) is 4.57. The molecule has 0 fully saturated rings. The molecule has 0 amide bonds. The average molecular weight is 349 g/mol. The van der Waals surface area contributed by atoms with Crippen LogP contribution in [-0.4, -0.2) is 19.8 Å². The zero-order chi connectivity index (χ0) is 18.2. The lowest BCUT2D eigenvalue weighted by atomic mass is 10.1. The van der Waals surface area contributed by atoms with Crippen molar-refractivity contribution in [3.63, 3.8) is 0 Å². The lowest BCUT2D eigenvalue weighted by Crippen LogP contribution is -2.19. The topological polar surface area (TPSA) is 30.5 Å². The Kier molecular flexibility index (Phi) is 6.57. The van der Waals surface area contributed by atoms with Gasteiger partial charge >= 0.3 is 0 Å². The molecule has 3 heteroatoms. The monoisotopic (exact) mass is 349 g/mol. The molecule has 0 radical (unpaired) electrons. The minimum atomic E-state index is 0.346. The molecule has 0 heterocycles. The lowest BCUT2D eigenvalue weighted by molar-refractivity contribution is 0.246. The van der Waals surface area contributed by atoms with Crippen molar-refractivity contribution in [2.75, 3.05) is 19.8 Å². The van der Waals surface area contributed by atoms with Gasteiger partial charge in [0.2, 0.25) is 0 Å². The summed E-state index contributed by atoms with van der Waals surface area (Å²) in [5.41, 5.74) is 3.97. The fourth-order valence-electron chi connectivity index (χ4n) is 3.40. The van der Waals surface area contributed by atoms with Gasteiger partial charge in [-0.15, -0.1) is 6.42 Å². The zero-order valence-corrected chi connectivity index (χ0v) is 15.5. The Morgan fingerprint density at radius 3 is 2.69 bits per heavy atom. The minimum absolute atomic E-state index is 0.346. The first kappa shape index (κ1) is 18.4. The van der Waals surface area contributed by atoms with Crippen molar-refractivity contribution in [2.45, 2.75) is 38.6 Å². The molecule has 0 bridgehead atoms. The Morgan fingerprint density at radius 2 is 1.92 bits per heavy atom. The van der Waals surface area contributed by atoms with Gasteiger partial charge in [0.15, 0.2) is 0 Å². The van der Waals surface area contributed by atoms with Crippen molar-refractivity contribution >= 4 is 0 Å². The predicted molar refractivity (Wildman–Crippen MR) is 106 cm³/mol. The maximum Gasteiger partial charge on any atom is 0.122 e. The Balaban J connectivity index is 1.45. The summed E-state index contributed by atoms with van der Waals surface area (Å²) in [6, 6.07) is 14.9. The largest absolute Gasteiger partial charge is 0.493 e. The van der Waals surface area contributed by atoms with Gasteiger partial charge in [-0.1, -0.05) is 37.1 Å². The summed E-state index contributed by atoms with van der Waals surface area (Å²) >= 11 is 0. The normalized spacial score (nSPS) is 15.3. The highest BCUT2D eigenvalue weighted by molar-refractivity contribution is 5.45. The number of aryl methyl sites for hydroxylation is 1. The van der Waals surface area contributed by atoms with Gasteiger partial charge in [-0.25, -0.2) is 0 Å². The van der Waals surface area contributed by atoms with Gasteiger partial charge in [-0.05, 0) is 54.2 Å². The van der Waals surface area contributed by atoms with Gasteiger partial charge in [0.05, 0.1) is 19.8 Å². The molecular formula is C23H27NO2. The molecule has 3 nitrogen and oxygen atoms in total. The van der Waals surface area contributed by atoms with E-state index in [9.17, 15) is 0 Å². The number of ether oxygens (including phenoxy) is 2. The number of hydrogen-bond acceptors (Lipinski definition) is 3. The van der Waals surface area contributed by atoms with E-state index in [4.69, 9.17) is 15.9 Å². The third kappa shape index (κ3) is 4.59. The molecule has 26 heavy (non-hydrogen) atoms. The number of hydrogen-bond donors (Lipinski definition) is 1. The van der Waals surface area contributed by atoms with Crippen LogP contribution in [0.15, 0.2) is 42.5 Å². The highest BCUT2D eigenvalue weighted by Crippen LogP contribution is 2.36. The van der Waals surface area contributed by atoms with E-state index in [0.717, 1.165) is 37.2 Å². The number of rotatable bonds is 9. The molecule has 1 aliphatic carbocycles. The molecule has 1 unspecified atom stereocenters. The summed E-state index contributed by atoms with van der Waals surface area (Å²) in [7, 11) is 0. The fourth-order valence-corrected chi connectivity index (χ4v) is 3.40. The molecule has 0 spiro atoms. The van der Waals surface area contributed by atoms with Crippen molar-refractivity contribution in [3.8, 4) is 23.8 Å². The van der Waals surface area contributed by atoms with Gasteiger partial charge in [-0.2, -0.15) is 0 Å². The van der Waals surface area contributed by atoms with E-state index >= 15 is 0 Å². The standard InChI is InChI=1S/C23H27NO2/c1-3-15-24-22-14-13-21-20(22)7-5-8-23(21)26-17-6-16-25-19-11-9-18(4-2)10-12-19/h1,5,7-12,22,24H,4,6,13-17H2,2H3. The Hall–Kier alpha value is -2.44. The second kappa shape index (κ2) is 9.31. The van der Waals surface area contributed by atoms with E-state index < -0.39 is 0 Å². The molecule has 0 aromatic heterocycles. The second-order valence-electron chi connectivity index (χ2n) is 6.55. The van der Waals surface area contributed by atoms with Crippen molar-refractivity contribution in [1.82, 2.24) is 5.32 Å². The van der Waals surface area contributed by atoms with Gasteiger partial charge in [0.25, 0.3) is 0 Å². The molecule has 0 saturated carbocycles. The number of benzene rings is 2. The molecule has 3 rings (SSSR count). The zero-order valence-electron chi connectivity index (χ0n) is 15.5. The van der Waals surface area contributed by atoms with Crippen molar-refractivity contribution < 1.29 is 9.47 Å². The molecule has 136 valence electrons. The molecular weight excluding hydrogens is 322 g/mol. The summed E-state index contributed by atoms with van der Waals surface area (Å²) in [6.45, 7) is 4.07. The van der Waals surface area contributed by atoms with Crippen LogP contribution in [0.25, 0.3) is 0 Å². The molecule has 0 aliphatic heterocycles. The van der Waals surface area contributed by atoms with Crippen LogP contribution in [0.5, 0.6) is 11.5 Å². The molecule has 0 saturated heterocycles. The molecule has 2 aromatic rings. The van der Waals surface area contributed by atoms with Crippen LogP contribution in [0.4, 0.5) is 0 Å². The van der Waals surface area contributed by atoms with Gasteiger partial charge in [0, 0.05) is 12.5 Å². The first-order chi connectivity index (χ1) is 12.8. The van der Waals surface area contributed by atoms with E-state index in [1.165, 1.54) is 16.7 Å². The van der Waals surface area contributed by atoms with Crippen molar-refractivity contribution in [2.24, 2.45) is 0 Å². The van der Waals surface area contributed by atoms with E-state index in [0.29, 0.717) is 25.8 Å². The maximum absolute atomic E-state index is 6.03. The SMILES string of the molecule is C#CCNC1CCc2c(OCCCOc3ccc(CC)cc3)cccc21. The average Bonchev–Trinajstić information content (AvgIpc) is 3.10. The van der Waals surface area contributed by atoms with Crippen LogP contribution in [0.3, 0.4) is 0 Å².